The second-order valence-corrected chi connectivity index (χ2v) is 3.97. The van der Waals surface area contributed by atoms with Gasteiger partial charge in [0.2, 0.25) is 0 Å². The molecule has 1 aliphatic heterocycles. The maximum Gasteiger partial charge on any atom is 0.128 e. The van der Waals surface area contributed by atoms with E-state index < -0.39 is 0 Å². The van der Waals surface area contributed by atoms with Crippen LogP contribution in [0, 0.1) is 11.6 Å². The molecule has 1 heterocycles. The first-order chi connectivity index (χ1) is 7.24. The van der Waals surface area contributed by atoms with Gasteiger partial charge in [0.25, 0.3) is 0 Å². The van der Waals surface area contributed by atoms with Gasteiger partial charge in [-0.05, 0) is 37.1 Å². The van der Waals surface area contributed by atoms with Crippen LogP contribution < -0.4 is 5.32 Å². The molecule has 82 valence electrons. The van der Waals surface area contributed by atoms with Gasteiger partial charge < -0.3 is 5.32 Å². The van der Waals surface area contributed by atoms with Crippen LogP contribution in [-0.2, 0) is 6.42 Å². The van der Waals surface area contributed by atoms with Gasteiger partial charge >= 0.3 is 0 Å². The van der Waals surface area contributed by atoms with E-state index in [0.29, 0.717) is 17.5 Å². The molecule has 0 saturated heterocycles. The quantitative estimate of drug-likeness (QED) is 0.793. The van der Waals surface area contributed by atoms with Crippen molar-refractivity contribution in [1.29, 1.82) is 0 Å². The third-order valence-electron chi connectivity index (χ3n) is 2.94. The summed E-state index contributed by atoms with van der Waals surface area (Å²) in [5.74, 6) is -0.550. The molecule has 1 nitrogen and oxygen atoms in total. The van der Waals surface area contributed by atoms with Crippen molar-refractivity contribution < 1.29 is 8.78 Å². The molecule has 1 N–H and O–H groups in total. The number of hydrogen-bond donors (Lipinski definition) is 1. The van der Waals surface area contributed by atoms with Gasteiger partial charge in [-0.1, -0.05) is 13.3 Å². The minimum atomic E-state index is -0.281. The van der Waals surface area contributed by atoms with Gasteiger partial charge in [0, 0.05) is 11.6 Å². The fraction of sp³-hybridized carbons (Fsp3) is 0.500. The summed E-state index contributed by atoms with van der Waals surface area (Å²) in [6.45, 7) is 2.78. The molecule has 0 aliphatic carbocycles. The maximum atomic E-state index is 13.6. The largest absolute Gasteiger partial charge is 0.309 e. The molecule has 3 heteroatoms. The Morgan fingerprint density at radius 2 is 2.07 bits per heavy atom. The van der Waals surface area contributed by atoms with Crippen LogP contribution in [0.1, 0.15) is 36.9 Å². The summed E-state index contributed by atoms with van der Waals surface area (Å²) in [6, 6.07) is 2.43. The Balaban J connectivity index is 2.45. The number of benzene rings is 1. The van der Waals surface area contributed by atoms with Crippen molar-refractivity contribution in [2.24, 2.45) is 0 Å². The fourth-order valence-corrected chi connectivity index (χ4v) is 2.25. The number of hydrogen-bond acceptors (Lipinski definition) is 1. The van der Waals surface area contributed by atoms with Crippen molar-refractivity contribution in [3.05, 3.63) is 34.9 Å². The molecule has 0 amide bonds. The van der Waals surface area contributed by atoms with E-state index in [4.69, 9.17) is 0 Å². The lowest BCUT2D eigenvalue weighted by Gasteiger charge is -2.27. The summed E-state index contributed by atoms with van der Waals surface area (Å²) in [4.78, 5) is 0. The van der Waals surface area contributed by atoms with Crippen LogP contribution in [0.15, 0.2) is 12.1 Å². The molecular formula is C12H15F2N. The molecule has 0 fully saturated rings. The molecule has 0 bridgehead atoms. The molecule has 2 rings (SSSR count). The Hall–Kier alpha value is -0.960. The van der Waals surface area contributed by atoms with E-state index in [1.165, 1.54) is 12.1 Å². The summed E-state index contributed by atoms with van der Waals surface area (Å²) in [5, 5.41) is 3.24. The first kappa shape index (κ1) is 10.6. The summed E-state index contributed by atoms with van der Waals surface area (Å²) in [7, 11) is 0. The summed E-state index contributed by atoms with van der Waals surface area (Å²) >= 11 is 0. The Morgan fingerprint density at radius 1 is 1.33 bits per heavy atom. The molecule has 1 aromatic rings. The number of rotatable bonds is 2. The van der Waals surface area contributed by atoms with Crippen LogP contribution in [0.4, 0.5) is 8.78 Å². The first-order valence-electron chi connectivity index (χ1n) is 5.44. The molecule has 1 aliphatic rings. The Morgan fingerprint density at radius 3 is 2.80 bits per heavy atom. The third-order valence-corrected chi connectivity index (χ3v) is 2.94. The first-order valence-corrected chi connectivity index (χ1v) is 5.44. The van der Waals surface area contributed by atoms with Crippen LogP contribution in [0.25, 0.3) is 0 Å². The Kier molecular flexibility index (Phi) is 3.00. The highest BCUT2D eigenvalue weighted by Gasteiger charge is 2.24. The van der Waals surface area contributed by atoms with Crippen molar-refractivity contribution in [3.63, 3.8) is 0 Å². The summed E-state index contributed by atoms with van der Waals surface area (Å²) in [6.07, 6.45) is 2.40. The zero-order valence-corrected chi connectivity index (χ0v) is 8.82. The van der Waals surface area contributed by atoms with E-state index in [0.717, 1.165) is 19.4 Å². The lowest BCUT2D eigenvalue weighted by molar-refractivity contribution is 0.433. The molecule has 1 unspecified atom stereocenters. The Labute approximate surface area is 88.5 Å². The molecule has 0 spiro atoms. The monoisotopic (exact) mass is 211 g/mol. The highest BCUT2D eigenvalue weighted by atomic mass is 19.1. The predicted octanol–water partition coefficient (Wildman–Crippen LogP) is 2.95. The van der Waals surface area contributed by atoms with Gasteiger partial charge in [-0.2, -0.15) is 0 Å². The summed E-state index contributed by atoms with van der Waals surface area (Å²) < 4.78 is 27.1. The van der Waals surface area contributed by atoms with Crippen LogP contribution in [-0.4, -0.2) is 6.54 Å². The van der Waals surface area contributed by atoms with Crippen LogP contribution in [0.5, 0.6) is 0 Å². The number of halogens is 2. The highest BCUT2D eigenvalue weighted by Crippen LogP contribution is 2.30. The smallest absolute Gasteiger partial charge is 0.128 e. The average Bonchev–Trinajstić information content (AvgIpc) is 2.24. The maximum absolute atomic E-state index is 13.6. The second kappa shape index (κ2) is 4.27. The molecular weight excluding hydrogens is 196 g/mol. The molecule has 0 aromatic heterocycles. The van der Waals surface area contributed by atoms with E-state index in [2.05, 4.69) is 5.32 Å². The normalized spacial score (nSPS) is 20.1. The van der Waals surface area contributed by atoms with Crippen molar-refractivity contribution in [2.75, 3.05) is 6.54 Å². The standard InChI is InChI=1S/C12H15F2N/c1-2-3-11-12-8(6-7-15-11)9(13)4-5-10(12)14/h4-5,11,15H,2-3,6-7H2,1H3. The van der Waals surface area contributed by atoms with E-state index >= 15 is 0 Å². The third kappa shape index (κ3) is 1.88. The van der Waals surface area contributed by atoms with Crippen molar-refractivity contribution in [3.8, 4) is 0 Å². The van der Waals surface area contributed by atoms with Gasteiger partial charge in [0.1, 0.15) is 11.6 Å². The van der Waals surface area contributed by atoms with E-state index in [-0.39, 0.29) is 17.7 Å². The number of nitrogens with one attached hydrogen (secondary N) is 1. The van der Waals surface area contributed by atoms with Gasteiger partial charge in [0.15, 0.2) is 0 Å². The van der Waals surface area contributed by atoms with Crippen LogP contribution >= 0.6 is 0 Å². The minimum Gasteiger partial charge on any atom is -0.309 e. The molecule has 0 saturated carbocycles. The fourth-order valence-electron chi connectivity index (χ4n) is 2.25. The van der Waals surface area contributed by atoms with E-state index in [1.807, 2.05) is 6.92 Å². The second-order valence-electron chi connectivity index (χ2n) is 3.97. The van der Waals surface area contributed by atoms with Gasteiger partial charge in [-0.25, -0.2) is 8.78 Å². The highest BCUT2D eigenvalue weighted by molar-refractivity contribution is 5.35. The SMILES string of the molecule is CCCC1NCCc2c(F)ccc(F)c21. The Bertz CT molecular complexity index is 363. The molecule has 1 atom stereocenters. The lowest BCUT2D eigenvalue weighted by Crippen LogP contribution is -2.31. The zero-order valence-electron chi connectivity index (χ0n) is 8.82. The molecule has 0 radical (unpaired) electrons. The van der Waals surface area contributed by atoms with E-state index in [1.54, 1.807) is 0 Å². The predicted molar refractivity (Wildman–Crippen MR) is 55.7 cm³/mol. The van der Waals surface area contributed by atoms with Gasteiger partial charge in [-0.15, -0.1) is 0 Å². The van der Waals surface area contributed by atoms with Crippen molar-refractivity contribution in [1.82, 2.24) is 5.32 Å². The number of fused-ring (bicyclic) bond motifs is 1. The van der Waals surface area contributed by atoms with Gasteiger partial charge in [0.05, 0.1) is 0 Å². The van der Waals surface area contributed by atoms with Gasteiger partial charge in [-0.3, -0.25) is 0 Å². The van der Waals surface area contributed by atoms with Crippen LogP contribution in [0.3, 0.4) is 0 Å². The summed E-state index contributed by atoms with van der Waals surface area (Å²) in [5.41, 5.74) is 1.11. The zero-order chi connectivity index (χ0) is 10.8. The van der Waals surface area contributed by atoms with Crippen LogP contribution in [0.2, 0.25) is 0 Å². The molecule has 1 aromatic carbocycles. The lowest BCUT2D eigenvalue weighted by atomic mass is 9.91. The minimum absolute atomic E-state index is 0.0190. The van der Waals surface area contributed by atoms with Crippen molar-refractivity contribution >= 4 is 0 Å². The molecule has 15 heavy (non-hydrogen) atoms. The average molecular weight is 211 g/mol. The van der Waals surface area contributed by atoms with Crippen molar-refractivity contribution in [2.45, 2.75) is 32.2 Å². The van der Waals surface area contributed by atoms with E-state index in [9.17, 15) is 8.78 Å². The topological polar surface area (TPSA) is 12.0 Å².